The normalized spacial score (nSPS) is 15.8. The Morgan fingerprint density at radius 2 is 1.93 bits per heavy atom. The van der Waals surface area contributed by atoms with Gasteiger partial charge in [-0.2, -0.15) is 5.10 Å². The van der Waals surface area contributed by atoms with Crippen LogP contribution < -0.4 is 10.9 Å². The highest BCUT2D eigenvalue weighted by Crippen LogP contribution is 2.31. The van der Waals surface area contributed by atoms with E-state index in [1.807, 2.05) is 36.8 Å². The first-order chi connectivity index (χ1) is 13.1. The smallest absolute Gasteiger partial charge is 0.259 e. The van der Waals surface area contributed by atoms with E-state index in [1.54, 1.807) is 21.8 Å². The summed E-state index contributed by atoms with van der Waals surface area (Å²) >= 11 is 1.62. The van der Waals surface area contributed by atoms with Crippen LogP contribution in [0.4, 0.5) is 0 Å². The van der Waals surface area contributed by atoms with Gasteiger partial charge in [-0.25, -0.2) is 9.50 Å². The van der Waals surface area contributed by atoms with Crippen molar-refractivity contribution < 1.29 is 0 Å². The van der Waals surface area contributed by atoms with Crippen LogP contribution in [0.1, 0.15) is 35.0 Å². The summed E-state index contributed by atoms with van der Waals surface area (Å²) in [6, 6.07) is 3.52. The van der Waals surface area contributed by atoms with Crippen LogP contribution >= 0.6 is 11.3 Å². The summed E-state index contributed by atoms with van der Waals surface area (Å²) in [4.78, 5) is 23.9. The minimum atomic E-state index is -0.0606. The van der Waals surface area contributed by atoms with Gasteiger partial charge in [0, 0.05) is 17.1 Å². The molecule has 0 bridgehead atoms. The van der Waals surface area contributed by atoms with Gasteiger partial charge >= 0.3 is 0 Å². The first-order valence-electron chi connectivity index (χ1n) is 9.16. The first kappa shape index (κ1) is 16.6. The van der Waals surface area contributed by atoms with Crippen LogP contribution in [-0.2, 0) is 0 Å². The minimum Gasteiger partial charge on any atom is -0.317 e. The van der Waals surface area contributed by atoms with E-state index in [0.29, 0.717) is 17.3 Å². The van der Waals surface area contributed by atoms with Crippen molar-refractivity contribution in [2.24, 2.45) is 0 Å². The zero-order valence-corrected chi connectivity index (χ0v) is 16.1. The number of nitrogens with one attached hydrogen (secondary N) is 1. The number of hydrogen-bond donors (Lipinski definition) is 1. The first-order valence-corrected chi connectivity index (χ1v) is 9.98. The molecular weight excluding hydrogens is 360 g/mol. The van der Waals surface area contributed by atoms with Crippen LogP contribution in [0.3, 0.4) is 0 Å². The summed E-state index contributed by atoms with van der Waals surface area (Å²) in [7, 11) is 0. The van der Waals surface area contributed by atoms with Crippen LogP contribution in [0.5, 0.6) is 0 Å². The lowest BCUT2D eigenvalue weighted by atomic mass is 9.97. The number of piperidine rings is 1. The number of fused-ring (bicyclic) bond motifs is 2. The molecule has 8 heteroatoms. The zero-order chi connectivity index (χ0) is 18.5. The average molecular weight is 380 g/mol. The molecule has 1 fully saturated rings. The van der Waals surface area contributed by atoms with Crippen molar-refractivity contribution in [3.63, 3.8) is 0 Å². The van der Waals surface area contributed by atoms with Gasteiger partial charge in [-0.05, 0) is 51.8 Å². The summed E-state index contributed by atoms with van der Waals surface area (Å²) < 4.78 is 3.48. The lowest BCUT2D eigenvalue weighted by Crippen LogP contribution is -2.26. The van der Waals surface area contributed by atoms with E-state index in [0.717, 1.165) is 47.8 Å². The van der Waals surface area contributed by atoms with E-state index < -0.39 is 0 Å². The third kappa shape index (κ3) is 2.85. The Hall–Kier alpha value is -2.58. The van der Waals surface area contributed by atoms with Crippen molar-refractivity contribution in [2.45, 2.75) is 32.6 Å². The van der Waals surface area contributed by atoms with Gasteiger partial charge in [0.1, 0.15) is 5.69 Å². The maximum Gasteiger partial charge on any atom is 0.259 e. The zero-order valence-electron chi connectivity index (χ0n) is 15.3. The predicted octanol–water partition coefficient (Wildman–Crippen LogP) is 2.55. The number of rotatable bonds is 2. The molecule has 1 saturated heterocycles. The second-order valence-corrected chi connectivity index (χ2v) is 8.16. The van der Waals surface area contributed by atoms with Gasteiger partial charge in [0.2, 0.25) is 0 Å². The monoisotopic (exact) mass is 380 g/mol. The van der Waals surface area contributed by atoms with E-state index in [9.17, 15) is 4.79 Å². The van der Waals surface area contributed by atoms with Gasteiger partial charge in [-0.3, -0.25) is 14.2 Å². The van der Waals surface area contributed by atoms with Crippen LogP contribution in [0.15, 0.2) is 29.3 Å². The highest BCUT2D eigenvalue weighted by molar-refractivity contribution is 7.17. The van der Waals surface area contributed by atoms with Crippen LogP contribution in [0.25, 0.3) is 21.9 Å². The second-order valence-electron chi connectivity index (χ2n) is 7.12. The molecule has 27 heavy (non-hydrogen) atoms. The largest absolute Gasteiger partial charge is 0.317 e. The molecule has 0 saturated carbocycles. The number of thiazole rings is 1. The van der Waals surface area contributed by atoms with Crippen LogP contribution in [0.2, 0.25) is 0 Å². The fourth-order valence-corrected chi connectivity index (χ4v) is 4.92. The molecule has 4 aromatic rings. The maximum absolute atomic E-state index is 12.7. The fourth-order valence-electron chi connectivity index (χ4n) is 3.76. The van der Waals surface area contributed by atoms with Crippen molar-refractivity contribution in [1.82, 2.24) is 29.3 Å². The molecule has 1 aliphatic rings. The van der Waals surface area contributed by atoms with E-state index in [2.05, 4.69) is 15.4 Å². The SMILES string of the molecule is Cc1cn2nc(-c3cc(=O)n4cc(C5CCNCC5)sc4n3)cc2c(C)n1. The fraction of sp³-hybridized carbons (Fsp3) is 0.368. The second kappa shape index (κ2) is 6.24. The van der Waals surface area contributed by atoms with E-state index >= 15 is 0 Å². The van der Waals surface area contributed by atoms with E-state index in [-0.39, 0.29) is 5.56 Å². The van der Waals surface area contributed by atoms with Crippen molar-refractivity contribution in [1.29, 1.82) is 0 Å². The van der Waals surface area contributed by atoms with Gasteiger partial charge in [0.05, 0.1) is 28.8 Å². The van der Waals surface area contributed by atoms with Gasteiger partial charge < -0.3 is 5.32 Å². The Morgan fingerprint density at radius 3 is 2.74 bits per heavy atom. The molecule has 4 aromatic heterocycles. The van der Waals surface area contributed by atoms with Crippen molar-refractivity contribution in [2.75, 3.05) is 13.1 Å². The molecule has 0 aromatic carbocycles. The molecule has 1 aliphatic heterocycles. The van der Waals surface area contributed by atoms with Gasteiger partial charge in [0.25, 0.3) is 5.56 Å². The van der Waals surface area contributed by atoms with Crippen LogP contribution in [-0.4, -0.2) is 37.1 Å². The van der Waals surface area contributed by atoms with Crippen LogP contribution in [0, 0.1) is 13.8 Å². The number of nitrogens with zero attached hydrogens (tertiary/aromatic N) is 5. The van der Waals surface area contributed by atoms with Gasteiger partial charge in [-0.1, -0.05) is 0 Å². The number of aromatic nitrogens is 5. The number of hydrogen-bond acceptors (Lipinski definition) is 6. The standard InChI is InChI=1S/C19H20N6OS/c1-11-9-25-16(12(2)21-11)7-15(23-25)14-8-18(26)24-10-17(27-19(24)22-14)13-3-5-20-6-4-13/h7-10,13,20H,3-6H2,1-2H3. The van der Waals surface area contributed by atoms with Gasteiger partial charge in [0.15, 0.2) is 4.96 Å². The lowest BCUT2D eigenvalue weighted by Gasteiger charge is -2.20. The van der Waals surface area contributed by atoms with E-state index in [4.69, 9.17) is 4.98 Å². The summed E-state index contributed by atoms with van der Waals surface area (Å²) in [6.07, 6.45) is 6.06. The lowest BCUT2D eigenvalue weighted by molar-refractivity contribution is 0.464. The number of aryl methyl sites for hydroxylation is 2. The Kier molecular flexibility index (Phi) is 3.84. The van der Waals surface area contributed by atoms with Gasteiger partial charge in [-0.15, -0.1) is 11.3 Å². The predicted molar refractivity (Wildman–Crippen MR) is 106 cm³/mol. The average Bonchev–Trinajstić information content (AvgIpc) is 3.27. The molecule has 0 spiro atoms. The van der Waals surface area contributed by atoms with Crippen molar-refractivity contribution >= 4 is 21.8 Å². The molecule has 0 unspecified atom stereocenters. The molecular formula is C19H20N6OS. The Bertz CT molecular complexity index is 1210. The maximum atomic E-state index is 12.7. The molecule has 138 valence electrons. The van der Waals surface area contributed by atoms with Crippen molar-refractivity contribution in [3.8, 4) is 11.4 Å². The molecule has 5 rings (SSSR count). The molecule has 1 N–H and O–H groups in total. The summed E-state index contributed by atoms with van der Waals surface area (Å²) in [5.41, 5.74) is 3.99. The Balaban J connectivity index is 1.61. The Labute approximate surface area is 159 Å². The third-order valence-corrected chi connectivity index (χ3v) is 6.29. The topological polar surface area (TPSA) is 76.6 Å². The molecule has 0 radical (unpaired) electrons. The van der Waals surface area contributed by atoms with Crippen molar-refractivity contribution in [3.05, 3.63) is 51.1 Å². The quantitative estimate of drug-likeness (QED) is 0.578. The molecule has 7 nitrogen and oxygen atoms in total. The van der Waals surface area contributed by atoms with E-state index in [1.165, 1.54) is 4.88 Å². The summed E-state index contributed by atoms with van der Waals surface area (Å²) in [5.74, 6) is 0.507. The molecule has 0 aliphatic carbocycles. The highest BCUT2D eigenvalue weighted by Gasteiger charge is 2.19. The summed E-state index contributed by atoms with van der Waals surface area (Å²) in [6.45, 7) is 5.96. The molecule has 0 amide bonds. The third-order valence-electron chi connectivity index (χ3n) is 5.15. The Morgan fingerprint density at radius 1 is 1.11 bits per heavy atom. The molecule has 0 atom stereocenters. The minimum absolute atomic E-state index is 0.0606. The molecule has 5 heterocycles. The summed E-state index contributed by atoms with van der Waals surface area (Å²) in [5, 5.41) is 8.00. The highest BCUT2D eigenvalue weighted by atomic mass is 32.1.